The minimum atomic E-state index is -0.566. The van der Waals surface area contributed by atoms with Crippen LogP contribution < -0.4 is 16.0 Å². The summed E-state index contributed by atoms with van der Waals surface area (Å²) in [4.78, 5) is 30.8. The number of rotatable bonds is 13. The largest absolute Gasteiger partial charge is 0.422 e. The summed E-state index contributed by atoms with van der Waals surface area (Å²) >= 11 is 0. The highest BCUT2D eigenvalue weighted by Crippen LogP contribution is 2.27. The number of hydrogen-bond donors (Lipinski definition) is 1. The lowest BCUT2D eigenvalue weighted by molar-refractivity contribution is 0.277. The highest BCUT2D eigenvalue weighted by atomic mass is 19.1. The van der Waals surface area contributed by atoms with E-state index in [1.807, 2.05) is 12.1 Å². The van der Waals surface area contributed by atoms with E-state index in [0.29, 0.717) is 0 Å². The zero-order chi connectivity index (χ0) is 27.1. The quantitative estimate of drug-likeness (QED) is 0.256. The first-order chi connectivity index (χ1) is 18.4. The molecule has 4 rings (SSSR count). The number of unbranched alkanes of at least 4 members (excludes halogenated alkanes) is 4. The number of benzene rings is 2. The van der Waals surface area contributed by atoms with Crippen LogP contribution in [0.1, 0.15) is 56.6 Å². The van der Waals surface area contributed by atoms with Gasteiger partial charge in [0.1, 0.15) is 0 Å². The molecule has 0 aliphatic heterocycles. The average molecular weight is 523 g/mol. The third kappa shape index (κ3) is 6.05. The van der Waals surface area contributed by atoms with Gasteiger partial charge in [-0.3, -0.25) is 18.5 Å². The summed E-state index contributed by atoms with van der Waals surface area (Å²) in [7, 11) is 1.53. The van der Waals surface area contributed by atoms with Crippen molar-refractivity contribution in [1.82, 2.24) is 18.7 Å². The van der Waals surface area contributed by atoms with Gasteiger partial charge in [0.2, 0.25) is 0 Å². The molecule has 0 saturated heterocycles. The molecule has 8 nitrogen and oxygen atoms in total. The van der Waals surface area contributed by atoms with Crippen LogP contribution >= 0.6 is 0 Å². The van der Waals surface area contributed by atoms with E-state index >= 15 is 0 Å². The zero-order valence-electron chi connectivity index (χ0n) is 22.0. The van der Waals surface area contributed by atoms with Gasteiger partial charge in [0, 0.05) is 20.2 Å². The van der Waals surface area contributed by atoms with Gasteiger partial charge in [-0.2, -0.15) is 4.98 Å². The summed E-state index contributed by atoms with van der Waals surface area (Å²) in [6.07, 6.45) is 7.38. The molecule has 0 atom stereocenters. The maximum Gasteiger partial charge on any atom is 0.332 e. The molecule has 2 aromatic carbocycles. The number of aromatic nitrogens is 4. The first kappa shape index (κ1) is 27.3. The van der Waals surface area contributed by atoms with E-state index < -0.39 is 17.1 Å². The SMILES string of the molecule is CCCCCCCc1ccc(Cn2c(Oc3ccccc3F)nc3c2c(=O)n(CCCO)c(=O)n3C)cc1. The summed E-state index contributed by atoms with van der Waals surface area (Å²) in [5.41, 5.74) is 1.41. The van der Waals surface area contributed by atoms with Crippen molar-refractivity contribution < 1.29 is 14.2 Å². The highest BCUT2D eigenvalue weighted by Gasteiger charge is 2.22. The van der Waals surface area contributed by atoms with E-state index in [2.05, 4.69) is 24.0 Å². The number of aryl methyl sites for hydroxylation is 2. The third-order valence-electron chi connectivity index (χ3n) is 6.71. The van der Waals surface area contributed by atoms with Crippen LogP contribution in [0.5, 0.6) is 11.8 Å². The van der Waals surface area contributed by atoms with E-state index in [9.17, 15) is 19.1 Å². The van der Waals surface area contributed by atoms with Crippen LogP contribution in [0.3, 0.4) is 0 Å². The average Bonchev–Trinajstić information content (AvgIpc) is 3.27. The third-order valence-corrected chi connectivity index (χ3v) is 6.71. The van der Waals surface area contributed by atoms with E-state index in [1.54, 1.807) is 16.7 Å². The Balaban J connectivity index is 1.72. The Hall–Kier alpha value is -3.72. The standard InChI is InChI=1S/C29H35FN4O4/c1-3-4-5-6-7-11-21-14-16-22(17-15-21)20-34-25-26(31-28(34)38-24-13-9-8-12-23(24)30)32(2)29(37)33(27(25)36)18-10-19-35/h8-9,12-17,35H,3-7,10-11,18-20H2,1-2H3. The van der Waals surface area contributed by atoms with Crippen molar-refractivity contribution in [1.29, 1.82) is 0 Å². The minimum absolute atomic E-state index is 0.0112. The Kier molecular flexibility index (Phi) is 9.12. The second-order valence-electron chi connectivity index (χ2n) is 9.54. The smallest absolute Gasteiger partial charge is 0.332 e. The Bertz CT molecular complexity index is 1490. The maximum atomic E-state index is 14.4. The van der Waals surface area contributed by atoms with Crippen molar-refractivity contribution in [3.63, 3.8) is 0 Å². The predicted molar refractivity (Wildman–Crippen MR) is 145 cm³/mol. The summed E-state index contributed by atoms with van der Waals surface area (Å²) < 4.78 is 24.2. The van der Waals surface area contributed by atoms with Gasteiger partial charge < -0.3 is 9.84 Å². The predicted octanol–water partition coefficient (Wildman–Crippen LogP) is 4.77. The van der Waals surface area contributed by atoms with Gasteiger partial charge in [-0.1, -0.05) is 69.0 Å². The molecular formula is C29H35FN4O4. The Morgan fingerprint density at radius 1 is 0.921 bits per heavy atom. The van der Waals surface area contributed by atoms with Crippen molar-refractivity contribution in [3.05, 3.63) is 86.3 Å². The van der Waals surface area contributed by atoms with E-state index in [-0.39, 0.29) is 49.0 Å². The topological polar surface area (TPSA) is 91.3 Å². The Labute approximate surface area is 221 Å². The first-order valence-corrected chi connectivity index (χ1v) is 13.3. The normalized spacial score (nSPS) is 11.4. The van der Waals surface area contributed by atoms with Crippen LogP contribution in [-0.4, -0.2) is 30.4 Å². The van der Waals surface area contributed by atoms with Crippen molar-refractivity contribution >= 4 is 11.2 Å². The molecule has 0 aliphatic rings. The molecule has 0 saturated carbocycles. The Morgan fingerprint density at radius 2 is 1.63 bits per heavy atom. The van der Waals surface area contributed by atoms with Crippen LogP contribution in [0.2, 0.25) is 0 Å². The first-order valence-electron chi connectivity index (χ1n) is 13.3. The van der Waals surface area contributed by atoms with Crippen LogP contribution in [0.25, 0.3) is 11.2 Å². The molecule has 0 bridgehead atoms. The number of hydrogen-bond acceptors (Lipinski definition) is 5. The number of aliphatic hydroxyl groups excluding tert-OH is 1. The minimum Gasteiger partial charge on any atom is -0.422 e. The fourth-order valence-electron chi connectivity index (χ4n) is 4.55. The van der Waals surface area contributed by atoms with Crippen LogP contribution in [-0.2, 0) is 26.6 Å². The molecule has 0 amide bonds. The van der Waals surface area contributed by atoms with E-state index in [4.69, 9.17) is 4.74 Å². The van der Waals surface area contributed by atoms with Crippen LogP contribution in [0.15, 0.2) is 58.1 Å². The molecule has 202 valence electrons. The van der Waals surface area contributed by atoms with Gasteiger partial charge in [-0.15, -0.1) is 0 Å². The molecule has 0 unspecified atom stereocenters. The molecular weight excluding hydrogens is 487 g/mol. The molecule has 0 fully saturated rings. The summed E-state index contributed by atoms with van der Waals surface area (Å²) in [6, 6.07) is 14.1. The second-order valence-corrected chi connectivity index (χ2v) is 9.54. The molecule has 0 spiro atoms. The van der Waals surface area contributed by atoms with Gasteiger partial charge in [0.05, 0.1) is 6.54 Å². The molecule has 2 heterocycles. The molecule has 0 aliphatic carbocycles. The summed E-state index contributed by atoms with van der Waals surface area (Å²) in [5.74, 6) is -0.600. The summed E-state index contributed by atoms with van der Waals surface area (Å²) in [5, 5.41) is 9.25. The lowest BCUT2D eigenvalue weighted by atomic mass is 10.0. The number of halogens is 1. The van der Waals surface area contributed by atoms with Gasteiger partial charge in [0.15, 0.2) is 22.7 Å². The molecule has 9 heteroatoms. The van der Waals surface area contributed by atoms with Gasteiger partial charge in [-0.05, 0) is 42.5 Å². The van der Waals surface area contributed by atoms with Crippen molar-refractivity contribution in [2.24, 2.45) is 7.05 Å². The molecule has 4 aromatic rings. The monoisotopic (exact) mass is 522 g/mol. The van der Waals surface area contributed by atoms with E-state index in [0.717, 1.165) is 23.0 Å². The molecule has 0 radical (unpaired) electrons. The number of nitrogens with zero attached hydrogens (tertiary/aromatic N) is 4. The molecule has 38 heavy (non-hydrogen) atoms. The number of aliphatic hydroxyl groups is 1. The molecule has 2 aromatic heterocycles. The Morgan fingerprint density at radius 3 is 2.34 bits per heavy atom. The van der Waals surface area contributed by atoms with Gasteiger partial charge in [0.25, 0.3) is 5.56 Å². The van der Waals surface area contributed by atoms with Crippen molar-refractivity contribution in [2.45, 2.75) is 65.0 Å². The second kappa shape index (κ2) is 12.7. The van der Waals surface area contributed by atoms with Gasteiger partial charge in [-0.25, -0.2) is 9.18 Å². The number of fused-ring (bicyclic) bond motifs is 1. The highest BCUT2D eigenvalue weighted by molar-refractivity contribution is 5.72. The summed E-state index contributed by atoms with van der Waals surface area (Å²) in [6.45, 7) is 2.36. The lowest BCUT2D eigenvalue weighted by Gasteiger charge is -2.12. The fraction of sp³-hybridized carbons (Fsp3) is 0.414. The number of imidazole rings is 1. The molecule has 1 N–H and O–H groups in total. The maximum absolute atomic E-state index is 14.4. The zero-order valence-corrected chi connectivity index (χ0v) is 22.0. The van der Waals surface area contributed by atoms with Crippen LogP contribution in [0.4, 0.5) is 4.39 Å². The van der Waals surface area contributed by atoms with E-state index in [1.165, 1.54) is 55.0 Å². The fourth-order valence-corrected chi connectivity index (χ4v) is 4.55. The van der Waals surface area contributed by atoms with Crippen molar-refractivity contribution in [2.75, 3.05) is 6.61 Å². The van der Waals surface area contributed by atoms with Crippen molar-refractivity contribution in [3.8, 4) is 11.8 Å². The number of para-hydroxylation sites is 1. The van der Waals surface area contributed by atoms with Crippen LogP contribution in [0, 0.1) is 5.82 Å². The number of ether oxygens (including phenoxy) is 1. The lowest BCUT2D eigenvalue weighted by Crippen LogP contribution is -2.39. The van der Waals surface area contributed by atoms with Gasteiger partial charge >= 0.3 is 11.7 Å².